The number of benzene rings is 2. The minimum absolute atomic E-state index is 0.0792. The molecule has 0 aliphatic carbocycles. The maximum absolute atomic E-state index is 12.5. The Kier molecular flexibility index (Phi) is 7.53. The molecule has 2 aromatic carbocycles. The molecule has 0 spiro atoms. The van der Waals surface area contributed by atoms with Gasteiger partial charge in [0, 0.05) is 18.7 Å². The maximum atomic E-state index is 12.5. The molecule has 0 aliphatic rings. The standard InChI is InChI=1S/C20H27N3O3S/c1-16-8-10-17(11-9-16)15-22-27(25,26)19-7-4-6-18(14-19)20(24)21-12-5-13-23(2)3/h4,6-11,14,22H,5,12-13,15H2,1-3H3,(H,21,24). The lowest BCUT2D eigenvalue weighted by Gasteiger charge is -2.11. The van der Waals surface area contributed by atoms with Crippen molar-refractivity contribution in [1.29, 1.82) is 0 Å². The summed E-state index contributed by atoms with van der Waals surface area (Å²) in [6.07, 6.45) is 0.828. The maximum Gasteiger partial charge on any atom is 0.251 e. The van der Waals surface area contributed by atoms with Crippen molar-refractivity contribution in [3.8, 4) is 0 Å². The number of amides is 1. The SMILES string of the molecule is Cc1ccc(CNS(=O)(=O)c2cccc(C(=O)NCCCN(C)C)c2)cc1. The first kappa shape index (κ1) is 21.1. The molecule has 0 unspecified atom stereocenters. The van der Waals surface area contributed by atoms with Crippen LogP contribution in [0.5, 0.6) is 0 Å². The zero-order valence-corrected chi connectivity index (χ0v) is 16.8. The molecule has 0 aliphatic heterocycles. The predicted octanol–water partition coefficient (Wildman–Crippen LogP) is 2.16. The van der Waals surface area contributed by atoms with Gasteiger partial charge < -0.3 is 10.2 Å². The van der Waals surface area contributed by atoms with Crippen LogP contribution in [-0.4, -0.2) is 46.4 Å². The van der Waals surface area contributed by atoms with Crippen molar-refractivity contribution in [1.82, 2.24) is 14.9 Å². The molecule has 0 bridgehead atoms. The number of hydrogen-bond donors (Lipinski definition) is 2. The average molecular weight is 390 g/mol. The first-order chi connectivity index (χ1) is 12.8. The van der Waals surface area contributed by atoms with Gasteiger partial charge in [-0.15, -0.1) is 0 Å². The van der Waals surface area contributed by atoms with E-state index in [-0.39, 0.29) is 17.3 Å². The Morgan fingerprint density at radius 3 is 2.44 bits per heavy atom. The van der Waals surface area contributed by atoms with Crippen LogP contribution >= 0.6 is 0 Å². The van der Waals surface area contributed by atoms with Gasteiger partial charge in [0.05, 0.1) is 4.90 Å². The molecule has 0 saturated carbocycles. The van der Waals surface area contributed by atoms with Crippen LogP contribution in [0.2, 0.25) is 0 Å². The van der Waals surface area contributed by atoms with E-state index < -0.39 is 10.0 Å². The van der Waals surface area contributed by atoms with Crippen molar-refractivity contribution < 1.29 is 13.2 Å². The second-order valence-electron chi connectivity index (χ2n) is 6.75. The van der Waals surface area contributed by atoms with Gasteiger partial charge in [0.1, 0.15) is 0 Å². The van der Waals surface area contributed by atoms with Crippen LogP contribution < -0.4 is 10.0 Å². The quantitative estimate of drug-likeness (QED) is 0.644. The average Bonchev–Trinajstić information content (AvgIpc) is 2.64. The summed E-state index contributed by atoms with van der Waals surface area (Å²) in [4.78, 5) is 14.4. The summed E-state index contributed by atoms with van der Waals surface area (Å²) in [6.45, 7) is 3.59. The number of carbonyl (C=O) groups excluding carboxylic acids is 1. The van der Waals surface area contributed by atoms with E-state index in [4.69, 9.17) is 0 Å². The second-order valence-corrected chi connectivity index (χ2v) is 8.52. The molecule has 2 N–H and O–H groups in total. The molecule has 0 radical (unpaired) electrons. The molecule has 27 heavy (non-hydrogen) atoms. The molecule has 146 valence electrons. The zero-order chi connectivity index (χ0) is 19.9. The fourth-order valence-corrected chi connectivity index (χ4v) is 3.53. The third-order valence-electron chi connectivity index (χ3n) is 4.06. The molecule has 0 heterocycles. The van der Waals surface area contributed by atoms with Gasteiger partial charge >= 0.3 is 0 Å². The number of nitrogens with one attached hydrogen (secondary N) is 2. The number of rotatable bonds is 9. The number of hydrogen-bond acceptors (Lipinski definition) is 4. The fraction of sp³-hybridized carbons (Fsp3) is 0.350. The van der Waals surface area contributed by atoms with E-state index in [1.165, 1.54) is 12.1 Å². The summed E-state index contributed by atoms with van der Waals surface area (Å²) >= 11 is 0. The molecule has 0 atom stereocenters. The number of carbonyl (C=O) groups is 1. The molecular weight excluding hydrogens is 362 g/mol. The Morgan fingerprint density at radius 2 is 1.78 bits per heavy atom. The van der Waals surface area contributed by atoms with Crippen molar-refractivity contribution >= 4 is 15.9 Å². The summed E-state index contributed by atoms with van der Waals surface area (Å²) < 4.78 is 27.6. The van der Waals surface area contributed by atoms with E-state index in [9.17, 15) is 13.2 Å². The molecular formula is C20H27N3O3S. The highest BCUT2D eigenvalue weighted by molar-refractivity contribution is 7.89. The Balaban J connectivity index is 1.99. The number of nitrogens with zero attached hydrogens (tertiary/aromatic N) is 1. The Morgan fingerprint density at radius 1 is 1.07 bits per heavy atom. The minimum Gasteiger partial charge on any atom is -0.352 e. The van der Waals surface area contributed by atoms with Crippen LogP contribution in [0, 0.1) is 6.92 Å². The van der Waals surface area contributed by atoms with E-state index in [0.29, 0.717) is 12.1 Å². The van der Waals surface area contributed by atoms with Gasteiger partial charge in [-0.3, -0.25) is 4.79 Å². The molecule has 1 amide bonds. The Hall–Kier alpha value is -2.22. The predicted molar refractivity (Wildman–Crippen MR) is 107 cm³/mol. The smallest absolute Gasteiger partial charge is 0.251 e. The first-order valence-corrected chi connectivity index (χ1v) is 10.3. The van der Waals surface area contributed by atoms with Crippen molar-refractivity contribution in [2.45, 2.75) is 24.8 Å². The molecule has 0 aromatic heterocycles. The van der Waals surface area contributed by atoms with Gasteiger partial charge in [-0.2, -0.15) is 0 Å². The summed E-state index contributed by atoms with van der Waals surface area (Å²) in [5.41, 5.74) is 2.32. The summed E-state index contributed by atoms with van der Waals surface area (Å²) in [5, 5.41) is 2.82. The molecule has 7 heteroatoms. The van der Waals surface area contributed by atoms with Crippen LogP contribution in [0.1, 0.15) is 27.9 Å². The van der Waals surface area contributed by atoms with E-state index in [0.717, 1.165) is 24.1 Å². The minimum atomic E-state index is -3.70. The number of sulfonamides is 1. The van der Waals surface area contributed by atoms with Crippen molar-refractivity contribution in [3.05, 3.63) is 65.2 Å². The molecule has 0 saturated heterocycles. The first-order valence-electron chi connectivity index (χ1n) is 8.86. The van der Waals surface area contributed by atoms with Gasteiger partial charge in [-0.25, -0.2) is 13.1 Å². The topological polar surface area (TPSA) is 78.5 Å². The van der Waals surface area contributed by atoms with Crippen LogP contribution in [0.4, 0.5) is 0 Å². The van der Waals surface area contributed by atoms with Crippen LogP contribution in [0.3, 0.4) is 0 Å². The highest BCUT2D eigenvalue weighted by atomic mass is 32.2. The van der Waals surface area contributed by atoms with Gasteiger partial charge in [0.15, 0.2) is 0 Å². The zero-order valence-electron chi connectivity index (χ0n) is 16.0. The Bertz CT molecular complexity index is 862. The largest absolute Gasteiger partial charge is 0.352 e. The molecule has 0 fully saturated rings. The summed E-state index contributed by atoms with van der Waals surface area (Å²) in [5.74, 6) is -0.274. The van der Waals surface area contributed by atoms with Crippen molar-refractivity contribution in [2.75, 3.05) is 27.2 Å². The highest BCUT2D eigenvalue weighted by Gasteiger charge is 2.16. The normalized spacial score (nSPS) is 11.6. The van der Waals surface area contributed by atoms with Gasteiger partial charge in [0.25, 0.3) is 5.91 Å². The van der Waals surface area contributed by atoms with Gasteiger partial charge in [0.2, 0.25) is 10.0 Å². The Labute approximate surface area is 161 Å². The van der Waals surface area contributed by atoms with Crippen LogP contribution in [0.15, 0.2) is 53.4 Å². The van der Waals surface area contributed by atoms with Crippen molar-refractivity contribution in [3.63, 3.8) is 0 Å². The van der Waals surface area contributed by atoms with Crippen molar-refractivity contribution in [2.24, 2.45) is 0 Å². The van der Waals surface area contributed by atoms with E-state index in [1.807, 2.05) is 50.2 Å². The third-order valence-corrected chi connectivity index (χ3v) is 5.46. The monoisotopic (exact) mass is 389 g/mol. The number of aryl methyl sites for hydroxylation is 1. The summed E-state index contributed by atoms with van der Waals surface area (Å²) in [7, 11) is 0.246. The second kappa shape index (κ2) is 9.64. The van der Waals surface area contributed by atoms with Crippen LogP contribution in [-0.2, 0) is 16.6 Å². The van der Waals surface area contributed by atoms with Gasteiger partial charge in [-0.05, 0) is 57.7 Å². The third kappa shape index (κ3) is 6.78. The van der Waals surface area contributed by atoms with E-state index >= 15 is 0 Å². The van der Waals surface area contributed by atoms with Crippen LogP contribution in [0.25, 0.3) is 0 Å². The van der Waals surface area contributed by atoms with E-state index in [1.54, 1.807) is 12.1 Å². The highest BCUT2D eigenvalue weighted by Crippen LogP contribution is 2.13. The van der Waals surface area contributed by atoms with Gasteiger partial charge in [-0.1, -0.05) is 35.9 Å². The molecule has 6 nitrogen and oxygen atoms in total. The lowest BCUT2D eigenvalue weighted by atomic mass is 10.2. The molecule has 2 rings (SSSR count). The summed E-state index contributed by atoms with van der Waals surface area (Å²) in [6, 6.07) is 13.7. The fourth-order valence-electron chi connectivity index (χ4n) is 2.47. The lowest BCUT2D eigenvalue weighted by Crippen LogP contribution is -2.28. The molecule has 2 aromatic rings. The lowest BCUT2D eigenvalue weighted by molar-refractivity contribution is 0.0952. The van der Waals surface area contributed by atoms with E-state index in [2.05, 4.69) is 10.0 Å².